The number of oxazole rings is 1. The van der Waals surface area contributed by atoms with Gasteiger partial charge in [0.2, 0.25) is 5.89 Å². The summed E-state index contributed by atoms with van der Waals surface area (Å²) in [6.07, 6.45) is 4.46. The van der Waals surface area contributed by atoms with Gasteiger partial charge in [-0.1, -0.05) is 6.92 Å². The molecule has 0 aliphatic rings. The van der Waals surface area contributed by atoms with E-state index in [0.29, 0.717) is 18.2 Å². The number of hydrogen-bond acceptors (Lipinski definition) is 4. The number of aromatic nitrogens is 1. The molecular formula is C12H16N2O2. The zero-order valence-corrected chi connectivity index (χ0v) is 9.62. The van der Waals surface area contributed by atoms with Crippen LogP contribution >= 0.6 is 0 Å². The van der Waals surface area contributed by atoms with Crippen molar-refractivity contribution in [3.05, 3.63) is 30.0 Å². The molecule has 0 atom stereocenters. The van der Waals surface area contributed by atoms with Gasteiger partial charge in [0.25, 0.3) is 0 Å². The van der Waals surface area contributed by atoms with E-state index in [1.807, 2.05) is 13.0 Å². The van der Waals surface area contributed by atoms with Crippen LogP contribution in [0.3, 0.4) is 0 Å². The molecule has 0 aromatic carbocycles. The lowest BCUT2D eigenvalue weighted by Gasteiger charge is -1.97. The fourth-order valence-corrected chi connectivity index (χ4v) is 1.49. The molecule has 2 heterocycles. The second-order valence-corrected chi connectivity index (χ2v) is 3.73. The lowest BCUT2D eigenvalue weighted by molar-refractivity contribution is 0.461. The van der Waals surface area contributed by atoms with Gasteiger partial charge >= 0.3 is 0 Å². The van der Waals surface area contributed by atoms with Gasteiger partial charge in [0, 0.05) is 0 Å². The molecule has 2 aromatic rings. The summed E-state index contributed by atoms with van der Waals surface area (Å²) in [5, 5.41) is 3.24. The quantitative estimate of drug-likeness (QED) is 0.787. The first kappa shape index (κ1) is 11.0. The zero-order valence-electron chi connectivity index (χ0n) is 9.62. The van der Waals surface area contributed by atoms with E-state index in [2.05, 4.69) is 17.2 Å². The maximum atomic E-state index is 5.59. The highest BCUT2D eigenvalue weighted by molar-refractivity contribution is 5.53. The van der Waals surface area contributed by atoms with E-state index in [0.717, 1.165) is 24.3 Å². The predicted molar refractivity (Wildman–Crippen MR) is 60.9 cm³/mol. The van der Waals surface area contributed by atoms with Crippen molar-refractivity contribution in [3.8, 4) is 11.5 Å². The number of furan rings is 1. The third-order valence-corrected chi connectivity index (χ3v) is 2.34. The van der Waals surface area contributed by atoms with Crippen molar-refractivity contribution in [2.45, 2.75) is 26.8 Å². The summed E-state index contributed by atoms with van der Waals surface area (Å²) in [7, 11) is 0. The topological polar surface area (TPSA) is 51.2 Å². The Hall–Kier alpha value is -1.55. The van der Waals surface area contributed by atoms with Crippen LogP contribution in [0.1, 0.15) is 24.8 Å². The molecule has 0 aliphatic heterocycles. The summed E-state index contributed by atoms with van der Waals surface area (Å²) in [5.41, 5.74) is 1.06. The van der Waals surface area contributed by atoms with Crippen LogP contribution < -0.4 is 5.32 Å². The van der Waals surface area contributed by atoms with E-state index in [-0.39, 0.29) is 0 Å². The summed E-state index contributed by atoms with van der Waals surface area (Å²) in [6.45, 7) is 5.74. The minimum atomic E-state index is 0.660. The SMILES string of the molecule is CCCNCc1ncc(-c2occc2C)o1. The maximum absolute atomic E-state index is 5.59. The van der Waals surface area contributed by atoms with E-state index in [9.17, 15) is 0 Å². The Morgan fingerprint density at radius 1 is 1.44 bits per heavy atom. The molecule has 2 rings (SSSR count). The number of aryl methyl sites for hydroxylation is 1. The molecule has 4 heteroatoms. The van der Waals surface area contributed by atoms with E-state index >= 15 is 0 Å². The van der Waals surface area contributed by atoms with Gasteiger partial charge in [0.15, 0.2) is 11.5 Å². The summed E-state index contributed by atoms with van der Waals surface area (Å²) in [5.74, 6) is 2.14. The molecule has 2 aromatic heterocycles. The van der Waals surface area contributed by atoms with Crippen LogP contribution in [-0.4, -0.2) is 11.5 Å². The molecule has 0 spiro atoms. The van der Waals surface area contributed by atoms with Crippen molar-refractivity contribution in [2.24, 2.45) is 0 Å². The lowest BCUT2D eigenvalue weighted by atomic mass is 10.2. The maximum Gasteiger partial charge on any atom is 0.209 e. The standard InChI is InChI=1S/C12H16N2O2/c1-3-5-13-8-11-14-7-10(16-11)12-9(2)4-6-15-12/h4,6-7,13H,3,5,8H2,1-2H3. The largest absolute Gasteiger partial charge is 0.461 e. The lowest BCUT2D eigenvalue weighted by Crippen LogP contribution is -2.13. The van der Waals surface area contributed by atoms with Gasteiger partial charge in [0.1, 0.15) is 0 Å². The molecule has 16 heavy (non-hydrogen) atoms. The third kappa shape index (κ3) is 2.33. The van der Waals surface area contributed by atoms with Gasteiger partial charge < -0.3 is 14.2 Å². The Kier molecular flexibility index (Phi) is 3.41. The summed E-state index contributed by atoms with van der Waals surface area (Å²) < 4.78 is 10.9. The Bertz CT molecular complexity index is 445. The molecule has 86 valence electrons. The number of hydrogen-bond donors (Lipinski definition) is 1. The Morgan fingerprint density at radius 2 is 2.31 bits per heavy atom. The van der Waals surface area contributed by atoms with Gasteiger partial charge in [-0.05, 0) is 31.5 Å². The summed E-state index contributed by atoms with van der Waals surface area (Å²) in [4.78, 5) is 4.20. The molecule has 0 saturated carbocycles. The van der Waals surface area contributed by atoms with Gasteiger partial charge in [-0.25, -0.2) is 4.98 Å². The van der Waals surface area contributed by atoms with Crippen molar-refractivity contribution >= 4 is 0 Å². The van der Waals surface area contributed by atoms with Gasteiger partial charge in [-0.15, -0.1) is 0 Å². The van der Waals surface area contributed by atoms with Crippen LogP contribution in [0.25, 0.3) is 11.5 Å². The van der Waals surface area contributed by atoms with Crippen LogP contribution in [0.5, 0.6) is 0 Å². The van der Waals surface area contributed by atoms with Crippen LogP contribution in [0.2, 0.25) is 0 Å². The Morgan fingerprint density at radius 3 is 3.00 bits per heavy atom. The molecule has 4 nitrogen and oxygen atoms in total. The van der Waals surface area contributed by atoms with E-state index < -0.39 is 0 Å². The summed E-state index contributed by atoms with van der Waals surface area (Å²) >= 11 is 0. The molecule has 0 saturated heterocycles. The Labute approximate surface area is 94.7 Å². The van der Waals surface area contributed by atoms with Crippen molar-refractivity contribution in [1.29, 1.82) is 0 Å². The smallest absolute Gasteiger partial charge is 0.209 e. The van der Waals surface area contributed by atoms with Crippen molar-refractivity contribution in [1.82, 2.24) is 10.3 Å². The van der Waals surface area contributed by atoms with E-state index in [4.69, 9.17) is 8.83 Å². The van der Waals surface area contributed by atoms with E-state index in [1.54, 1.807) is 12.5 Å². The highest BCUT2D eigenvalue weighted by atomic mass is 16.4. The van der Waals surface area contributed by atoms with Gasteiger partial charge in [-0.2, -0.15) is 0 Å². The number of rotatable bonds is 5. The highest BCUT2D eigenvalue weighted by Crippen LogP contribution is 2.24. The first-order valence-corrected chi connectivity index (χ1v) is 5.51. The number of nitrogens with one attached hydrogen (secondary N) is 1. The van der Waals surface area contributed by atoms with Crippen LogP contribution in [0, 0.1) is 6.92 Å². The normalized spacial score (nSPS) is 10.9. The zero-order chi connectivity index (χ0) is 11.4. The van der Waals surface area contributed by atoms with Gasteiger partial charge in [0.05, 0.1) is 19.0 Å². The van der Waals surface area contributed by atoms with Crippen LogP contribution in [0.4, 0.5) is 0 Å². The molecule has 0 aliphatic carbocycles. The van der Waals surface area contributed by atoms with Crippen LogP contribution in [-0.2, 0) is 6.54 Å². The first-order chi connectivity index (χ1) is 7.81. The second-order valence-electron chi connectivity index (χ2n) is 3.73. The Balaban J connectivity index is 2.05. The predicted octanol–water partition coefficient (Wildman–Crippen LogP) is 2.74. The number of nitrogens with zero attached hydrogens (tertiary/aromatic N) is 1. The average molecular weight is 220 g/mol. The van der Waals surface area contributed by atoms with Crippen molar-refractivity contribution < 1.29 is 8.83 Å². The second kappa shape index (κ2) is 4.99. The fraction of sp³-hybridized carbons (Fsp3) is 0.417. The monoisotopic (exact) mass is 220 g/mol. The fourth-order valence-electron chi connectivity index (χ4n) is 1.49. The van der Waals surface area contributed by atoms with Gasteiger partial charge in [-0.3, -0.25) is 0 Å². The molecule has 0 unspecified atom stereocenters. The molecular weight excluding hydrogens is 204 g/mol. The van der Waals surface area contributed by atoms with Crippen LogP contribution in [0.15, 0.2) is 27.4 Å². The molecule has 1 N–H and O–H groups in total. The molecule has 0 radical (unpaired) electrons. The van der Waals surface area contributed by atoms with E-state index in [1.165, 1.54) is 0 Å². The minimum Gasteiger partial charge on any atom is -0.461 e. The first-order valence-electron chi connectivity index (χ1n) is 5.51. The minimum absolute atomic E-state index is 0.660. The van der Waals surface area contributed by atoms with Crippen molar-refractivity contribution in [3.63, 3.8) is 0 Å². The summed E-state index contributed by atoms with van der Waals surface area (Å²) in [6, 6.07) is 1.91. The average Bonchev–Trinajstić information content (AvgIpc) is 2.87. The third-order valence-electron chi connectivity index (χ3n) is 2.34. The van der Waals surface area contributed by atoms with Crippen molar-refractivity contribution in [2.75, 3.05) is 6.54 Å². The molecule has 0 bridgehead atoms. The highest BCUT2D eigenvalue weighted by Gasteiger charge is 2.11. The molecule has 0 fully saturated rings. The molecule has 0 amide bonds.